The molecule has 0 radical (unpaired) electrons. The SMILES string of the molecule is C[C@@H](N)C(=O)N1C[C@H]2C[C@@H](C1)[C@H](CNC(=O)CC1CCCC1)n1c2cccc1=O.Cl. The van der Waals surface area contributed by atoms with E-state index < -0.39 is 6.04 Å². The van der Waals surface area contributed by atoms with E-state index in [2.05, 4.69) is 5.32 Å². The maximum absolute atomic E-state index is 12.7. The number of nitrogens with one attached hydrogen (secondary N) is 1. The van der Waals surface area contributed by atoms with Gasteiger partial charge in [-0.1, -0.05) is 18.9 Å². The van der Waals surface area contributed by atoms with Gasteiger partial charge in [-0.05, 0) is 44.1 Å². The minimum absolute atomic E-state index is 0. The number of amides is 2. The first-order valence-electron chi connectivity index (χ1n) is 11.0. The molecule has 3 aliphatic rings. The van der Waals surface area contributed by atoms with Crippen molar-refractivity contribution in [3.05, 3.63) is 34.2 Å². The van der Waals surface area contributed by atoms with E-state index >= 15 is 0 Å². The number of nitrogens with zero attached hydrogens (tertiary/aromatic N) is 2. The molecule has 1 aromatic heterocycles. The molecule has 8 heteroatoms. The van der Waals surface area contributed by atoms with Crippen molar-refractivity contribution in [2.45, 2.75) is 63.5 Å². The van der Waals surface area contributed by atoms with Gasteiger partial charge in [0.2, 0.25) is 11.8 Å². The van der Waals surface area contributed by atoms with Crippen LogP contribution in [0.3, 0.4) is 0 Å². The second kappa shape index (κ2) is 9.52. The van der Waals surface area contributed by atoms with Gasteiger partial charge < -0.3 is 20.5 Å². The van der Waals surface area contributed by atoms with Crippen LogP contribution < -0.4 is 16.6 Å². The van der Waals surface area contributed by atoms with E-state index in [-0.39, 0.29) is 47.7 Å². The van der Waals surface area contributed by atoms with Crippen molar-refractivity contribution in [3.63, 3.8) is 0 Å². The largest absolute Gasteiger partial charge is 0.354 e. The maximum atomic E-state index is 12.7. The molecule has 2 aliphatic heterocycles. The normalized spacial score (nSPS) is 26.5. The Balaban J connectivity index is 0.00000256. The molecule has 1 aliphatic carbocycles. The third-order valence-corrected chi connectivity index (χ3v) is 6.96. The van der Waals surface area contributed by atoms with Crippen LogP contribution in [0.5, 0.6) is 0 Å². The number of rotatable bonds is 5. The van der Waals surface area contributed by atoms with E-state index in [4.69, 9.17) is 5.73 Å². The van der Waals surface area contributed by atoms with Crippen LogP contribution in [0.15, 0.2) is 23.0 Å². The molecule has 2 bridgehead atoms. The van der Waals surface area contributed by atoms with Crippen molar-refractivity contribution >= 4 is 24.2 Å². The van der Waals surface area contributed by atoms with Gasteiger partial charge in [-0.2, -0.15) is 0 Å². The van der Waals surface area contributed by atoms with Gasteiger partial charge in [0.1, 0.15) is 0 Å². The summed E-state index contributed by atoms with van der Waals surface area (Å²) in [5.74, 6) is 0.792. The number of carbonyl (C=O) groups is 2. The van der Waals surface area contributed by atoms with Crippen molar-refractivity contribution in [1.82, 2.24) is 14.8 Å². The Morgan fingerprint density at radius 2 is 1.97 bits per heavy atom. The molecule has 0 spiro atoms. The monoisotopic (exact) mass is 436 g/mol. The number of carbonyl (C=O) groups excluding carboxylic acids is 2. The maximum Gasteiger partial charge on any atom is 0.251 e. The van der Waals surface area contributed by atoms with Crippen molar-refractivity contribution in [2.75, 3.05) is 19.6 Å². The summed E-state index contributed by atoms with van der Waals surface area (Å²) >= 11 is 0. The smallest absolute Gasteiger partial charge is 0.251 e. The van der Waals surface area contributed by atoms with Crippen LogP contribution in [0.25, 0.3) is 0 Å². The van der Waals surface area contributed by atoms with Crippen LogP contribution in [0, 0.1) is 11.8 Å². The van der Waals surface area contributed by atoms with Crippen molar-refractivity contribution in [2.24, 2.45) is 17.6 Å². The highest BCUT2D eigenvalue weighted by molar-refractivity contribution is 5.85. The van der Waals surface area contributed by atoms with Crippen molar-refractivity contribution < 1.29 is 9.59 Å². The molecule has 1 saturated heterocycles. The molecule has 0 unspecified atom stereocenters. The van der Waals surface area contributed by atoms with Gasteiger partial charge in [0.05, 0.1) is 12.1 Å². The van der Waals surface area contributed by atoms with Gasteiger partial charge >= 0.3 is 0 Å². The van der Waals surface area contributed by atoms with Gasteiger partial charge in [-0.15, -0.1) is 12.4 Å². The zero-order valence-electron chi connectivity index (χ0n) is 17.6. The average Bonchev–Trinajstić information content (AvgIpc) is 3.20. The lowest BCUT2D eigenvalue weighted by atomic mass is 9.78. The first-order chi connectivity index (χ1) is 13.9. The lowest BCUT2D eigenvalue weighted by molar-refractivity contribution is -0.135. The van der Waals surface area contributed by atoms with Crippen molar-refractivity contribution in [1.29, 1.82) is 0 Å². The summed E-state index contributed by atoms with van der Waals surface area (Å²) in [7, 11) is 0. The van der Waals surface area contributed by atoms with Crippen molar-refractivity contribution in [3.8, 4) is 0 Å². The third-order valence-electron chi connectivity index (χ3n) is 6.96. The summed E-state index contributed by atoms with van der Waals surface area (Å²) in [6, 6.07) is 4.69. The number of hydrogen-bond acceptors (Lipinski definition) is 4. The second-order valence-electron chi connectivity index (χ2n) is 9.11. The van der Waals surface area contributed by atoms with Crippen LogP contribution in [0.4, 0.5) is 0 Å². The fraction of sp³-hybridized carbons (Fsp3) is 0.682. The lowest BCUT2D eigenvalue weighted by Crippen LogP contribution is -2.55. The molecule has 4 rings (SSSR count). The molecule has 3 N–H and O–H groups in total. The molecule has 1 aromatic rings. The predicted octanol–water partition coefficient (Wildman–Crippen LogP) is 1.80. The Hall–Kier alpha value is -1.86. The van der Waals surface area contributed by atoms with Crippen LogP contribution in [0.1, 0.15) is 63.1 Å². The molecule has 0 aromatic carbocycles. The molecule has 166 valence electrons. The molecule has 2 fully saturated rings. The summed E-state index contributed by atoms with van der Waals surface area (Å²) in [5.41, 5.74) is 6.78. The first-order valence-corrected chi connectivity index (χ1v) is 11.0. The molecule has 7 nitrogen and oxygen atoms in total. The number of pyridine rings is 1. The first kappa shape index (κ1) is 22.8. The Kier molecular flexibility index (Phi) is 7.24. The van der Waals surface area contributed by atoms with E-state index in [1.54, 1.807) is 19.1 Å². The van der Waals surface area contributed by atoms with E-state index in [0.717, 1.165) is 25.0 Å². The van der Waals surface area contributed by atoms with E-state index in [0.29, 0.717) is 32.0 Å². The van der Waals surface area contributed by atoms with Crippen LogP contribution in [0.2, 0.25) is 0 Å². The zero-order chi connectivity index (χ0) is 20.5. The summed E-state index contributed by atoms with van der Waals surface area (Å²) in [6.07, 6.45) is 6.21. The molecule has 30 heavy (non-hydrogen) atoms. The molecular formula is C22H33ClN4O3. The fourth-order valence-electron chi connectivity index (χ4n) is 5.54. The summed E-state index contributed by atoms with van der Waals surface area (Å²) < 4.78 is 1.86. The van der Waals surface area contributed by atoms with Crippen LogP contribution >= 0.6 is 12.4 Å². The van der Waals surface area contributed by atoms with Crippen LogP contribution in [-0.2, 0) is 9.59 Å². The van der Waals surface area contributed by atoms with Gasteiger partial charge in [0.15, 0.2) is 0 Å². The summed E-state index contributed by atoms with van der Waals surface area (Å²) in [6.45, 7) is 3.33. The summed E-state index contributed by atoms with van der Waals surface area (Å²) in [5, 5.41) is 3.09. The minimum atomic E-state index is -0.531. The second-order valence-corrected chi connectivity index (χ2v) is 9.11. The highest BCUT2D eigenvalue weighted by Gasteiger charge is 2.42. The number of piperidine rings is 1. The topological polar surface area (TPSA) is 97.4 Å². The highest BCUT2D eigenvalue weighted by Crippen LogP contribution is 2.41. The molecule has 2 amide bonds. The highest BCUT2D eigenvalue weighted by atomic mass is 35.5. The van der Waals surface area contributed by atoms with Crippen LogP contribution in [-0.4, -0.2) is 47.0 Å². The van der Waals surface area contributed by atoms with Gasteiger partial charge in [-0.3, -0.25) is 14.4 Å². The Labute approximate surface area is 183 Å². The number of halogens is 1. The van der Waals surface area contributed by atoms with Gasteiger partial charge in [0, 0.05) is 43.7 Å². The molecule has 4 atom stereocenters. The Bertz CT molecular complexity index is 834. The molecular weight excluding hydrogens is 404 g/mol. The third kappa shape index (κ3) is 4.57. The zero-order valence-corrected chi connectivity index (χ0v) is 18.4. The number of likely N-dealkylation sites (tertiary alicyclic amines) is 1. The molecule has 3 heterocycles. The average molecular weight is 437 g/mol. The van der Waals surface area contributed by atoms with E-state index in [1.165, 1.54) is 12.8 Å². The molecule has 1 saturated carbocycles. The fourth-order valence-corrected chi connectivity index (χ4v) is 5.54. The van der Waals surface area contributed by atoms with Gasteiger partial charge in [0.25, 0.3) is 5.56 Å². The lowest BCUT2D eigenvalue weighted by Gasteiger charge is -2.47. The van der Waals surface area contributed by atoms with Gasteiger partial charge in [-0.25, -0.2) is 0 Å². The minimum Gasteiger partial charge on any atom is -0.354 e. The predicted molar refractivity (Wildman–Crippen MR) is 118 cm³/mol. The Morgan fingerprint density at radius 3 is 2.67 bits per heavy atom. The number of nitrogens with two attached hydrogens (primary N) is 1. The Morgan fingerprint density at radius 1 is 1.23 bits per heavy atom. The number of aromatic nitrogens is 1. The van der Waals surface area contributed by atoms with E-state index in [9.17, 15) is 14.4 Å². The number of fused-ring (bicyclic) bond motifs is 4. The van der Waals surface area contributed by atoms with E-state index in [1.807, 2.05) is 15.5 Å². The standard InChI is InChI=1S/C22H32N4O3.ClH/c1-14(23)22(29)25-12-16-10-17(13-25)19(26-18(16)7-4-8-21(26)28)11-24-20(27)9-15-5-2-3-6-15;/h4,7-8,14-17,19H,2-3,5-6,9-13,23H2,1H3,(H,24,27);1H/t14-,16-,17+,19+;/m1./s1. The number of hydrogen-bond donors (Lipinski definition) is 2. The summed E-state index contributed by atoms with van der Waals surface area (Å²) in [4.78, 5) is 39.6. The quantitative estimate of drug-likeness (QED) is 0.735.